The number of hydrogen-bond acceptors (Lipinski definition) is 0. The molecule has 3 aliphatic rings. The molecule has 3 aliphatic carbocycles. The summed E-state index contributed by atoms with van der Waals surface area (Å²) in [6.45, 7) is 12.6. The van der Waals surface area contributed by atoms with Gasteiger partial charge in [-0.05, 0) is 17.8 Å². The van der Waals surface area contributed by atoms with E-state index in [9.17, 15) is 0 Å². The number of hydrogen-bond donors (Lipinski definition) is 0. The van der Waals surface area contributed by atoms with Gasteiger partial charge in [0.15, 0.2) is 0 Å². The average molecular weight is 284 g/mol. The summed E-state index contributed by atoms with van der Waals surface area (Å²) in [6, 6.07) is 0. The maximum Gasteiger partial charge on any atom is 0.131 e. The lowest BCUT2D eigenvalue weighted by Crippen LogP contribution is -2.44. The van der Waals surface area contributed by atoms with E-state index in [1.54, 1.807) is 7.28 Å². The SMILES string of the molecule is CBC1CCC1BC1CCC1C(C)(C)BC1CCC1(C)C. The predicted octanol–water partition coefficient (Wildman–Crippen LogP) is 4.72. The van der Waals surface area contributed by atoms with Crippen molar-refractivity contribution in [3.63, 3.8) is 0 Å². The van der Waals surface area contributed by atoms with Crippen molar-refractivity contribution in [2.45, 2.75) is 102 Å². The van der Waals surface area contributed by atoms with Crippen LogP contribution in [0, 0.1) is 11.3 Å². The van der Waals surface area contributed by atoms with Crippen LogP contribution in [-0.2, 0) is 0 Å². The molecule has 0 nitrogen and oxygen atoms in total. The zero-order valence-electron chi connectivity index (χ0n) is 15.3. The Morgan fingerprint density at radius 2 is 1.57 bits per heavy atom. The minimum atomic E-state index is 0.594. The molecule has 21 heavy (non-hydrogen) atoms. The minimum Gasteiger partial charge on any atom is -0.0891 e. The average Bonchev–Trinajstić information content (AvgIpc) is 2.33. The van der Waals surface area contributed by atoms with Crippen molar-refractivity contribution < 1.29 is 0 Å². The van der Waals surface area contributed by atoms with Crippen LogP contribution in [0.5, 0.6) is 0 Å². The van der Waals surface area contributed by atoms with Crippen LogP contribution in [0.15, 0.2) is 0 Å². The summed E-state index contributed by atoms with van der Waals surface area (Å²) in [6.07, 6.45) is 9.08. The van der Waals surface area contributed by atoms with Gasteiger partial charge in [0.1, 0.15) is 21.8 Å². The Bertz CT molecular complexity index is 375. The second kappa shape index (κ2) is 5.68. The molecule has 0 radical (unpaired) electrons. The molecule has 0 aromatic carbocycles. The second-order valence-corrected chi connectivity index (χ2v) is 10.1. The van der Waals surface area contributed by atoms with Gasteiger partial charge in [0, 0.05) is 0 Å². The Kier molecular flexibility index (Phi) is 4.35. The summed E-state index contributed by atoms with van der Waals surface area (Å²) in [4.78, 5) is 0. The molecule has 0 saturated heterocycles. The van der Waals surface area contributed by atoms with Crippen LogP contribution in [0.25, 0.3) is 0 Å². The number of rotatable bonds is 6. The van der Waals surface area contributed by atoms with Gasteiger partial charge in [0.2, 0.25) is 0 Å². The summed E-state index contributed by atoms with van der Waals surface area (Å²) in [5.41, 5.74) is 0.637. The molecule has 0 amide bonds. The molecule has 0 bridgehead atoms. The lowest BCUT2D eigenvalue weighted by molar-refractivity contribution is 0.176. The van der Waals surface area contributed by atoms with Gasteiger partial charge in [0.25, 0.3) is 0 Å². The second-order valence-electron chi connectivity index (χ2n) is 10.1. The Balaban J connectivity index is 1.53. The van der Waals surface area contributed by atoms with E-state index in [0.717, 1.165) is 29.2 Å². The summed E-state index contributed by atoms with van der Waals surface area (Å²) in [5, 5.41) is 0.594. The molecule has 0 N–H and O–H groups in total. The zero-order chi connectivity index (χ0) is 15.3. The van der Waals surface area contributed by atoms with E-state index in [0.29, 0.717) is 10.7 Å². The van der Waals surface area contributed by atoms with Crippen LogP contribution in [0.1, 0.15) is 66.2 Å². The lowest BCUT2D eigenvalue weighted by atomic mass is 9.27. The highest BCUT2D eigenvalue weighted by molar-refractivity contribution is 6.47. The first-order valence-electron chi connectivity index (χ1n) is 9.83. The van der Waals surface area contributed by atoms with Gasteiger partial charge >= 0.3 is 0 Å². The highest BCUT2D eigenvalue weighted by Crippen LogP contribution is 2.61. The predicted molar refractivity (Wildman–Crippen MR) is 101 cm³/mol. The van der Waals surface area contributed by atoms with Gasteiger partial charge in [0.05, 0.1) is 0 Å². The minimum absolute atomic E-state index is 0.594. The van der Waals surface area contributed by atoms with Gasteiger partial charge in [-0.1, -0.05) is 95.2 Å². The van der Waals surface area contributed by atoms with E-state index in [4.69, 9.17) is 0 Å². The molecule has 5 unspecified atom stereocenters. The normalized spacial score (nSPS) is 41.3. The highest BCUT2D eigenvalue weighted by atomic mass is 14.4. The van der Waals surface area contributed by atoms with Gasteiger partial charge in [-0.15, -0.1) is 0 Å². The molecule has 3 heteroatoms. The third kappa shape index (κ3) is 3.00. The van der Waals surface area contributed by atoms with Gasteiger partial charge in [-0.25, -0.2) is 0 Å². The van der Waals surface area contributed by atoms with Crippen molar-refractivity contribution in [1.82, 2.24) is 0 Å². The first-order chi connectivity index (χ1) is 9.83. The van der Waals surface area contributed by atoms with Crippen LogP contribution in [0.3, 0.4) is 0 Å². The fraction of sp³-hybridized carbons (Fsp3) is 1.00. The maximum atomic E-state index is 2.59. The molecule has 3 rings (SSSR count). The van der Waals surface area contributed by atoms with Crippen LogP contribution in [-0.4, -0.2) is 21.8 Å². The van der Waals surface area contributed by atoms with Crippen LogP contribution in [0.2, 0.25) is 35.4 Å². The molecule has 0 aliphatic heterocycles. The largest absolute Gasteiger partial charge is 0.131 e. The molecule has 0 aromatic rings. The summed E-state index contributed by atoms with van der Waals surface area (Å²) in [5.74, 6) is 5.29. The van der Waals surface area contributed by atoms with Crippen LogP contribution >= 0.6 is 0 Å². The standard InChI is InChI=1S/C18H35B3/c1-17(2)11-10-16(17)21-18(3,4)12-6-7-13(12)20-15-9-8-14(15)19-5/h12-16,19-21H,6-11H2,1-5H3. The first-order valence-corrected chi connectivity index (χ1v) is 9.83. The third-order valence-corrected chi connectivity index (χ3v) is 8.14. The summed E-state index contributed by atoms with van der Waals surface area (Å²) in [7, 11) is 4.49. The Morgan fingerprint density at radius 3 is 1.95 bits per heavy atom. The van der Waals surface area contributed by atoms with E-state index in [-0.39, 0.29) is 0 Å². The third-order valence-electron chi connectivity index (χ3n) is 8.14. The van der Waals surface area contributed by atoms with Crippen molar-refractivity contribution in [1.29, 1.82) is 0 Å². The zero-order valence-corrected chi connectivity index (χ0v) is 15.3. The molecule has 0 spiro atoms. The molecule has 3 saturated carbocycles. The van der Waals surface area contributed by atoms with E-state index < -0.39 is 0 Å². The molecule has 5 atom stereocenters. The van der Waals surface area contributed by atoms with E-state index in [1.165, 1.54) is 53.1 Å². The smallest absolute Gasteiger partial charge is 0.0891 e. The quantitative estimate of drug-likeness (QED) is 0.619. The van der Waals surface area contributed by atoms with Gasteiger partial charge in [-0.2, -0.15) is 0 Å². The molecule has 116 valence electrons. The Morgan fingerprint density at radius 1 is 0.905 bits per heavy atom. The van der Waals surface area contributed by atoms with E-state index >= 15 is 0 Å². The van der Waals surface area contributed by atoms with Gasteiger partial charge in [-0.3, -0.25) is 0 Å². The fourth-order valence-corrected chi connectivity index (χ4v) is 5.85. The summed E-state index contributed by atoms with van der Waals surface area (Å²) >= 11 is 0. The van der Waals surface area contributed by atoms with E-state index in [2.05, 4.69) is 34.5 Å². The van der Waals surface area contributed by atoms with E-state index in [1.807, 2.05) is 0 Å². The monoisotopic (exact) mass is 284 g/mol. The molecule has 0 heterocycles. The molecular formula is C18H35B3. The van der Waals surface area contributed by atoms with Crippen LogP contribution in [0.4, 0.5) is 0 Å². The topological polar surface area (TPSA) is 0 Å². The summed E-state index contributed by atoms with van der Waals surface area (Å²) < 4.78 is 0. The van der Waals surface area contributed by atoms with Crippen molar-refractivity contribution in [3.8, 4) is 0 Å². The van der Waals surface area contributed by atoms with Crippen LogP contribution < -0.4 is 0 Å². The van der Waals surface area contributed by atoms with Crippen molar-refractivity contribution in [2.24, 2.45) is 11.3 Å². The molecular weight excluding hydrogens is 249 g/mol. The first kappa shape index (κ1) is 16.1. The highest BCUT2D eigenvalue weighted by Gasteiger charge is 2.49. The molecule has 0 aromatic heterocycles. The Hall–Kier alpha value is 0.195. The fourth-order valence-electron chi connectivity index (χ4n) is 5.85. The van der Waals surface area contributed by atoms with Gasteiger partial charge < -0.3 is 0 Å². The molecule has 3 fully saturated rings. The lowest BCUT2D eigenvalue weighted by Gasteiger charge is -2.54. The van der Waals surface area contributed by atoms with Crippen molar-refractivity contribution in [3.05, 3.63) is 0 Å². The van der Waals surface area contributed by atoms with Crippen molar-refractivity contribution >= 4 is 21.8 Å². The van der Waals surface area contributed by atoms with Crippen molar-refractivity contribution in [2.75, 3.05) is 0 Å². The Labute approximate surface area is 135 Å². The maximum absolute atomic E-state index is 2.59.